The molecule has 2 aromatic carbocycles. The number of para-hydroxylation sites is 1. The molecule has 1 fully saturated rings. The summed E-state index contributed by atoms with van der Waals surface area (Å²) in [6, 6.07) is 12.6. The van der Waals surface area contributed by atoms with Crippen molar-refractivity contribution in [1.82, 2.24) is 4.31 Å². The Morgan fingerprint density at radius 1 is 1.14 bits per heavy atom. The lowest BCUT2D eigenvalue weighted by atomic mass is 9.98. The third-order valence-corrected chi connectivity index (χ3v) is 6.78. The highest BCUT2D eigenvalue weighted by Gasteiger charge is 2.33. The minimum atomic E-state index is -3.72. The van der Waals surface area contributed by atoms with E-state index in [-0.39, 0.29) is 22.9 Å². The topological polar surface area (TPSA) is 119 Å². The summed E-state index contributed by atoms with van der Waals surface area (Å²) < 4.78 is 32.3. The monoisotopic (exact) mass is 417 g/mol. The number of anilines is 1. The first kappa shape index (κ1) is 20.8. The van der Waals surface area contributed by atoms with Crippen LogP contribution in [0.1, 0.15) is 23.2 Å². The zero-order valence-corrected chi connectivity index (χ0v) is 16.8. The van der Waals surface area contributed by atoms with Gasteiger partial charge in [0.1, 0.15) is 5.75 Å². The molecule has 29 heavy (non-hydrogen) atoms. The van der Waals surface area contributed by atoms with Gasteiger partial charge in [-0.3, -0.25) is 9.59 Å². The number of nitrogens with zero attached hydrogens (tertiary/aromatic N) is 1. The Kier molecular flexibility index (Phi) is 6.19. The zero-order valence-electron chi connectivity index (χ0n) is 16.0. The molecule has 0 aromatic heterocycles. The fraction of sp³-hybridized carbons (Fsp3) is 0.300. The highest BCUT2D eigenvalue weighted by molar-refractivity contribution is 7.89. The molecule has 0 spiro atoms. The van der Waals surface area contributed by atoms with Gasteiger partial charge in [0.25, 0.3) is 5.91 Å². The molecule has 1 aliphatic heterocycles. The minimum absolute atomic E-state index is 0.0684. The van der Waals surface area contributed by atoms with Crippen LogP contribution in [-0.2, 0) is 14.8 Å². The van der Waals surface area contributed by atoms with Gasteiger partial charge in [-0.1, -0.05) is 12.1 Å². The Morgan fingerprint density at radius 2 is 1.83 bits per heavy atom. The van der Waals surface area contributed by atoms with E-state index in [0.717, 1.165) is 0 Å². The Balaban J connectivity index is 1.74. The van der Waals surface area contributed by atoms with Crippen molar-refractivity contribution in [3.8, 4) is 5.75 Å². The third kappa shape index (κ3) is 4.57. The Morgan fingerprint density at radius 3 is 2.48 bits per heavy atom. The van der Waals surface area contributed by atoms with Crippen LogP contribution in [0.4, 0.5) is 5.69 Å². The van der Waals surface area contributed by atoms with Crippen molar-refractivity contribution in [3.05, 3.63) is 54.1 Å². The zero-order chi connectivity index (χ0) is 21.0. The molecule has 2 aromatic rings. The van der Waals surface area contributed by atoms with Crippen LogP contribution in [0.15, 0.2) is 53.4 Å². The van der Waals surface area contributed by atoms with Crippen LogP contribution in [0.2, 0.25) is 0 Å². The average molecular weight is 417 g/mol. The van der Waals surface area contributed by atoms with Gasteiger partial charge < -0.3 is 15.8 Å². The van der Waals surface area contributed by atoms with Crippen molar-refractivity contribution >= 4 is 27.5 Å². The van der Waals surface area contributed by atoms with Crippen LogP contribution < -0.4 is 15.8 Å². The predicted octanol–water partition coefficient (Wildman–Crippen LogP) is 1.83. The lowest BCUT2D eigenvalue weighted by Gasteiger charge is -2.31. The number of nitrogens with one attached hydrogen (secondary N) is 1. The van der Waals surface area contributed by atoms with Crippen LogP contribution in [0.3, 0.4) is 0 Å². The number of hydrogen-bond acceptors (Lipinski definition) is 5. The van der Waals surface area contributed by atoms with Crippen molar-refractivity contribution in [2.45, 2.75) is 17.7 Å². The molecule has 9 heteroatoms. The molecule has 154 valence electrons. The van der Waals surface area contributed by atoms with Gasteiger partial charge in [0.15, 0.2) is 0 Å². The van der Waals surface area contributed by atoms with Gasteiger partial charge in [0, 0.05) is 13.1 Å². The van der Waals surface area contributed by atoms with Crippen molar-refractivity contribution in [3.63, 3.8) is 0 Å². The van der Waals surface area contributed by atoms with E-state index >= 15 is 0 Å². The van der Waals surface area contributed by atoms with E-state index < -0.39 is 21.8 Å². The van der Waals surface area contributed by atoms with E-state index in [9.17, 15) is 18.0 Å². The van der Waals surface area contributed by atoms with E-state index in [1.54, 1.807) is 30.3 Å². The molecule has 0 unspecified atom stereocenters. The maximum Gasteiger partial charge on any atom is 0.250 e. The van der Waals surface area contributed by atoms with Gasteiger partial charge in [0.2, 0.25) is 15.9 Å². The quantitative estimate of drug-likeness (QED) is 0.743. The molecule has 0 radical (unpaired) electrons. The number of benzene rings is 2. The van der Waals surface area contributed by atoms with Crippen molar-refractivity contribution in [1.29, 1.82) is 0 Å². The summed E-state index contributed by atoms with van der Waals surface area (Å²) in [7, 11) is -2.22. The minimum Gasteiger partial charge on any atom is -0.497 e. The van der Waals surface area contributed by atoms with Crippen LogP contribution in [-0.4, -0.2) is 44.7 Å². The molecular weight excluding hydrogens is 394 g/mol. The van der Waals surface area contributed by atoms with Crippen molar-refractivity contribution in [2.75, 3.05) is 25.5 Å². The highest BCUT2D eigenvalue weighted by Crippen LogP contribution is 2.26. The van der Waals surface area contributed by atoms with Gasteiger partial charge in [0.05, 0.1) is 29.2 Å². The summed E-state index contributed by atoms with van der Waals surface area (Å²) in [5.41, 5.74) is 5.87. The Labute approximate surface area is 169 Å². The van der Waals surface area contributed by atoms with Crippen LogP contribution >= 0.6 is 0 Å². The fourth-order valence-corrected chi connectivity index (χ4v) is 4.84. The van der Waals surface area contributed by atoms with Crippen LogP contribution in [0.5, 0.6) is 5.75 Å². The smallest absolute Gasteiger partial charge is 0.250 e. The number of piperidine rings is 1. The van der Waals surface area contributed by atoms with E-state index in [2.05, 4.69) is 5.32 Å². The maximum absolute atomic E-state index is 12.9. The van der Waals surface area contributed by atoms with Gasteiger partial charge >= 0.3 is 0 Å². The largest absolute Gasteiger partial charge is 0.497 e. The van der Waals surface area contributed by atoms with Gasteiger partial charge in [-0.2, -0.15) is 4.31 Å². The number of carbonyl (C=O) groups is 2. The normalized spacial score (nSPS) is 17.5. The standard InChI is InChI=1S/C20H23N3O5S/c1-28-15-8-10-16(11-9-15)29(26,27)23-12-4-5-14(13-23)20(25)22-18-7-3-2-6-17(18)19(21)24/h2-3,6-11,14H,4-5,12-13H2,1H3,(H2,21,24)(H,22,25)/t14-/m1/s1. The van der Waals surface area contributed by atoms with Crippen molar-refractivity contribution < 1.29 is 22.7 Å². The number of rotatable bonds is 6. The lowest BCUT2D eigenvalue weighted by molar-refractivity contribution is -0.120. The molecule has 1 heterocycles. The van der Waals surface area contributed by atoms with Crippen LogP contribution in [0.25, 0.3) is 0 Å². The van der Waals surface area contributed by atoms with Gasteiger partial charge in [-0.05, 0) is 49.2 Å². The number of amides is 2. The Hall–Kier alpha value is -2.91. The molecule has 8 nitrogen and oxygen atoms in total. The number of carbonyl (C=O) groups excluding carboxylic acids is 2. The second kappa shape index (κ2) is 8.62. The summed E-state index contributed by atoms with van der Waals surface area (Å²) in [5.74, 6) is -0.952. The van der Waals surface area contributed by atoms with E-state index in [1.807, 2.05) is 0 Å². The highest BCUT2D eigenvalue weighted by atomic mass is 32.2. The number of nitrogens with two attached hydrogens (primary N) is 1. The molecule has 0 aliphatic carbocycles. The number of primary amides is 1. The Bertz CT molecular complexity index is 1010. The maximum atomic E-state index is 12.9. The molecule has 1 aliphatic rings. The number of sulfonamides is 1. The van der Waals surface area contributed by atoms with E-state index in [1.165, 1.54) is 29.6 Å². The first-order valence-electron chi connectivity index (χ1n) is 9.17. The van der Waals surface area contributed by atoms with Gasteiger partial charge in [-0.15, -0.1) is 0 Å². The molecule has 3 rings (SSSR count). The lowest BCUT2D eigenvalue weighted by Crippen LogP contribution is -2.43. The molecule has 0 saturated carbocycles. The summed E-state index contributed by atoms with van der Waals surface area (Å²) in [6.07, 6.45) is 1.12. The third-order valence-electron chi connectivity index (χ3n) is 4.90. The van der Waals surface area contributed by atoms with E-state index in [0.29, 0.717) is 30.8 Å². The second-order valence-electron chi connectivity index (χ2n) is 6.78. The average Bonchev–Trinajstić information content (AvgIpc) is 2.74. The van der Waals surface area contributed by atoms with Crippen LogP contribution in [0, 0.1) is 5.92 Å². The number of ether oxygens (including phenoxy) is 1. The summed E-state index contributed by atoms with van der Waals surface area (Å²) >= 11 is 0. The first-order valence-corrected chi connectivity index (χ1v) is 10.6. The molecule has 1 atom stereocenters. The van der Waals surface area contributed by atoms with Crippen molar-refractivity contribution in [2.24, 2.45) is 11.7 Å². The number of hydrogen-bond donors (Lipinski definition) is 2. The number of methoxy groups -OCH3 is 1. The summed E-state index contributed by atoms with van der Waals surface area (Å²) in [5, 5.41) is 2.71. The SMILES string of the molecule is COc1ccc(S(=O)(=O)N2CCC[C@@H](C(=O)Nc3ccccc3C(N)=O)C2)cc1. The van der Waals surface area contributed by atoms with E-state index in [4.69, 9.17) is 10.5 Å². The second-order valence-corrected chi connectivity index (χ2v) is 8.71. The molecule has 0 bridgehead atoms. The van der Waals surface area contributed by atoms with Gasteiger partial charge in [-0.25, -0.2) is 8.42 Å². The fourth-order valence-electron chi connectivity index (χ4n) is 3.31. The molecule has 2 amide bonds. The molecular formula is C20H23N3O5S. The molecule has 3 N–H and O–H groups in total. The first-order chi connectivity index (χ1) is 13.8. The molecule has 1 saturated heterocycles. The summed E-state index contributed by atoms with van der Waals surface area (Å²) in [4.78, 5) is 24.4. The predicted molar refractivity (Wildman–Crippen MR) is 108 cm³/mol. The summed E-state index contributed by atoms with van der Waals surface area (Å²) in [6.45, 7) is 0.412.